The summed E-state index contributed by atoms with van der Waals surface area (Å²) in [6.07, 6.45) is 0.629. The molecule has 1 aromatic carbocycles. The number of hydrogen-bond donors (Lipinski definition) is 1. The minimum absolute atomic E-state index is 0.0876. The van der Waals surface area contributed by atoms with Crippen molar-refractivity contribution in [3.05, 3.63) is 34.1 Å². The van der Waals surface area contributed by atoms with Crippen molar-refractivity contribution in [3.8, 4) is 6.07 Å². The average Bonchev–Trinajstić information content (AvgIpc) is 2.43. The van der Waals surface area contributed by atoms with E-state index in [1.54, 1.807) is 13.8 Å². The van der Waals surface area contributed by atoms with Crippen molar-refractivity contribution >= 4 is 17.3 Å². The van der Waals surface area contributed by atoms with Crippen LogP contribution < -0.4 is 5.32 Å². The van der Waals surface area contributed by atoms with Gasteiger partial charge in [-0.25, -0.2) is 0 Å². The van der Waals surface area contributed by atoms with Gasteiger partial charge in [0.05, 0.1) is 11.0 Å². The standard InChI is InChI=1S/C13H14FN3O3/c1-3-13(4-2,8-15)12(18)16-9-5-6-10(14)11(7-9)17(19)20/h5-7H,3-4H2,1-2H3,(H,16,18). The smallest absolute Gasteiger partial charge is 0.306 e. The van der Waals surface area contributed by atoms with Gasteiger partial charge < -0.3 is 5.32 Å². The van der Waals surface area contributed by atoms with Crippen LogP contribution in [0.2, 0.25) is 0 Å². The molecule has 0 atom stereocenters. The number of carbonyl (C=O) groups is 1. The van der Waals surface area contributed by atoms with Crippen molar-refractivity contribution in [2.75, 3.05) is 5.32 Å². The molecule has 1 rings (SSSR count). The first-order valence-electron chi connectivity index (χ1n) is 6.06. The van der Waals surface area contributed by atoms with Crippen molar-refractivity contribution in [3.63, 3.8) is 0 Å². The Balaban J connectivity index is 3.06. The van der Waals surface area contributed by atoms with Gasteiger partial charge in [0, 0.05) is 11.8 Å². The molecule has 0 radical (unpaired) electrons. The van der Waals surface area contributed by atoms with Crippen LogP contribution in [0.15, 0.2) is 18.2 Å². The molecule has 6 nitrogen and oxygen atoms in total. The van der Waals surface area contributed by atoms with Crippen LogP contribution in [0.3, 0.4) is 0 Å². The Hall–Kier alpha value is -2.49. The van der Waals surface area contributed by atoms with E-state index in [0.29, 0.717) is 12.8 Å². The molecule has 0 bridgehead atoms. The van der Waals surface area contributed by atoms with Crippen LogP contribution in [-0.2, 0) is 4.79 Å². The van der Waals surface area contributed by atoms with Crippen LogP contribution in [0.1, 0.15) is 26.7 Å². The molecule has 0 unspecified atom stereocenters. The summed E-state index contributed by atoms with van der Waals surface area (Å²) in [5.41, 5.74) is -1.83. The number of rotatable bonds is 5. The number of carbonyl (C=O) groups excluding carboxylic acids is 1. The third kappa shape index (κ3) is 2.91. The van der Waals surface area contributed by atoms with Crippen LogP contribution >= 0.6 is 0 Å². The molecule has 0 aliphatic rings. The summed E-state index contributed by atoms with van der Waals surface area (Å²) >= 11 is 0. The molecule has 0 saturated carbocycles. The molecule has 0 spiro atoms. The second-order valence-electron chi connectivity index (χ2n) is 4.28. The normalized spacial score (nSPS) is 10.7. The van der Waals surface area contributed by atoms with Gasteiger partial charge in [-0.3, -0.25) is 14.9 Å². The van der Waals surface area contributed by atoms with Crippen molar-refractivity contribution in [1.82, 2.24) is 0 Å². The number of nitrogens with one attached hydrogen (secondary N) is 1. The molecule has 0 saturated heterocycles. The molecule has 0 aromatic heterocycles. The van der Waals surface area contributed by atoms with Gasteiger partial charge in [0.2, 0.25) is 11.7 Å². The van der Waals surface area contributed by atoms with Gasteiger partial charge >= 0.3 is 5.69 Å². The summed E-state index contributed by atoms with van der Waals surface area (Å²) in [5, 5.41) is 22.2. The monoisotopic (exact) mass is 279 g/mol. The first-order chi connectivity index (χ1) is 9.40. The number of halogens is 1. The molecular weight excluding hydrogens is 265 g/mol. The number of nitrogens with zero attached hydrogens (tertiary/aromatic N) is 2. The van der Waals surface area contributed by atoms with Gasteiger partial charge in [-0.15, -0.1) is 0 Å². The molecule has 0 aliphatic carbocycles. The summed E-state index contributed by atoms with van der Waals surface area (Å²) < 4.78 is 13.2. The minimum atomic E-state index is -1.19. The van der Waals surface area contributed by atoms with Gasteiger partial charge in [0.15, 0.2) is 0 Å². The van der Waals surface area contributed by atoms with Crippen molar-refractivity contribution in [2.24, 2.45) is 5.41 Å². The second kappa shape index (κ2) is 6.10. The lowest BCUT2D eigenvalue weighted by atomic mass is 9.83. The Morgan fingerprint density at radius 2 is 2.10 bits per heavy atom. The summed E-state index contributed by atoms with van der Waals surface area (Å²) in [5.74, 6) is -1.53. The van der Waals surface area contributed by atoms with Gasteiger partial charge in [-0.1, -0.05) is 13.8 Å². The van der Waals surface area contributed by atoms with E-state index in [2.05, 4.69) is 5.32 Å². The van der Waals surface area contributed by atoms with Gasteiger partial charge in [0.1, 0.15) is 5.41 Å². The van der Waals surface area contributed by atoms with Crippen LogP contribution in [0, 0.1) is 32.7 Å². The molecule has 0 aliphatic heterocycles. The lowest BCUT2D eigenvalue weighted by Crippen LogP contribution is -2.33. The van der Waals surface area contributed by atoms with Gasteiger partial charge in [0.25, 0.3) is 0 Å². The highest BCUT2D eigenvalue weighted by atomic mass is 19.1. The first-order valence-corrected chi connectivity index (χ1v) is 6.06. The summed E-state index contributed by atoms with van der Waals surface area (Å²) in [4.78, 5) is 21.8. The van der Waals surface area contributed by atoms with E-state index < -0.39 is 27.8 Å². The SMILES string of the molecule is CCC(C#N)(CC)C(=O)Nc1ccc(F)c([N+](=O)[O-])c1. The van der Waals surface area contributed by atoms with Crippen LogP contribution in [-0.4, -0.2) is 10.8 Å². The molecule has 7 heteroatoms. The highest BCUT2D eigenvalue weighted by Crippen LogP contribution is 2.28. The zero-order valence-corrected chi connectivity index (χ0v) is 11.1. The molecule has 1 amide bonds. The van der Waals surface area contributed by atoms with Crippen LogP contribution in [0.5, 0.6) is 0 Å². The lowest BCUT2D eigenvalue weighted by molar-refractivity contribution is -0.387. The Morgan fingerprint density at radius 3 is 2.55 bits per heavy atom. The third-order valence-electron chi connectivity index (χ3n) is 3.26. The summed E-state index contributed by atoms with van der Waals surface area (Å²) in [7, 11) is 0. The third-order valence-corrected chi connectivity index (χ3v) is 3.26. The van der Waals surface area contributed by atoms with E-state index in [-0.39, 0.29) is 5.69 Å². The fraction of sp³-hybridized carbons (Fsp3) is 0.385. The van der Waals surface area contributed by atoms with E-state index in [4.69, 9.17) is 5.26 Å². The maximum Gasteiger partial charge on any atom is 0.306 e. The zero-order valence-electron chi connectivity index (χ0n) is 11.1. The quantitative estimate of drug-likeness (QED) is 0.661. The number of nitro groups is 1. The van der Waals surface area contributed by atoms with Crippen molar-refractivity contribution in [2.45, 2.75) is 26.7 Å². The predicted molar refractivity (Wildman–Crippen MR) is 70.3 cm³/mol. The highest BCUT2D eigenvalue weighted by molar-refractivity contribution is 5.97. The fourth-order valence-electron chi connectivity index (χ4n) is 1.76. The number of amides is 1. The zero-order chi connectivity index (χ0) is 15.3. The van der Waals surface area contributed by atoms with Crippen molar-refractivity contribution < 1.29 is 14.1 Å². The molecule has 1 aromatic rings. The topological polar surface area (TPSA) is 96.0 Å². The van der Waals surface area contributed by atoms with E-state index >= 15 is 0 Å². The number of benzene rings is 1. The Bertz CT molecular complexity index is 577. The van der Waals surface area contributed by atoms with E-state index in [9.17, 15) is 19.3 Å². The number of anilines is 1. The molecule has 0 fully saturated rings. The largest absolute Gasteiger partial charge is 0.324 e. The van der Waals surface area contributed by atoms with Crippen LogP contribution in [0.4, 0.5) is 15.8 Å². The Kier molecular flexibility index (Phi) is 4.75. The average molecular weight is 279 g/mol. The maximum absolute atomic E-state index is 13.2. The number of hydrogen-bond acceptors (Lipinski definition) is 4. The van der Waals surface area contributed by atoms with Crippen LogP contribution in [0.25, 0.3) is 0 Å². The summed E-state index contributed by atoms with van der Waals surface area (Å²) in [6, 6.07) is 5.01. The Morgan fingerprint density at radius 1 is 1.50 bits per heavy atom. The minimum Gasteiger partial charge on any atom is -0.324 e. The number of nitriles is 1. The number of nitro benzene ring substituents is 1. The highest BCUT2D eigenvalue weighted by Gasteiger charge is 2.35. The molecular formula is C13H14FN3O3. The summed E-state index contributed by atoms with van der Waals surface area (Å²) in [6.45, 7) is 3.42. The molecule has 20 heavy (non-hydrogen) atoms. The molecule has 106 valence electrons. The Labute approximate surface area is 115 Å². The molecule has 1 N–H and O–H groups in total. The predicted octanol–water partition coefficient (Wildman–Crippen LogP) is 3.00. The molecule has 0 heterocycles. The maximum atomic E-state index is 13.2. The fourth-order valence-corrected chi connectivity index (χ4v) is 1.76. The first kappa shape index (κ1) is 15.6. The van der Waals surface area contributed by atoms with E-state index in [1.165, 1.54) is 6.07 Å². The van der Waals surface area contributed by atoms with E-state index in [1.807, 2.05) is 6.07 Å². The van der Waals surface area contributed by atoms with Gasteiger partial charge in [-0.2, -0.15) is 9.65 Å². The van der Waals surface area contributed by atoms with Crippen molar-refractivity contribution in [1.29, 1.82) is 5.26 Å². The second-order valence-corrected chi connectivity index (χ2v) is 4.28. The van der Waals surface area contributed by atoms with E-state index in [0.717, 1.165) is 12.1 Å². The van der Waals surface area contributed by atoms with Gasteiger partial charge in [-0.05, 0) is 25.0 Å². The lowest BCUT2D eigenvalue weighted by Gasteiger charge is -2.22.